The van der Waals surface area contributed by atoms with Crippen molar-refractivity contribution in [1.29, 1.82) is 0 Å². The number of nitrogens with one attached hydrogen (secondary N) is 1. The van der Waals surface area contributed by atoms with Gasteiger partial charge in [0.15, 0.2) is 11.7 Å². The van der Waals surface area contributed by atoms with Crippen molar-refractivity contribution >= 4 is 5.91 Å². The Balaban J connectivity index is 1.91. The van der Waals surface area contributed by atoms with E-state index in [-0.39, 0.29) is 12.5 Å². The zero-order valence-electron chi connectivity index (χ0n) is 13.9. The van der Waals surface area contributed by atoms with Crippen LogP contribution < -0.4 is 5.32 Å². The van der Waals surface area contributed by atoms with Crippen LogP contribution in [-0.4, -0.2) is 28.6 Å². The van der Waals surface area contributed by atoms with Crippen LogP contribution in [0.3, 0.4) is 0 Å². The molecule has 1 amide bonds. The molecule has 1 unspecified atom stereocenters. The molecule has 2 aromatic rings. The molecule has 0 bridgehead atoms. The molecular formula is C18H24N2O3. The summed E-state index contributed by atoms with van der Waals surface area (Å²) in [6, 6.07) is 8.22. The lowest BCUT2D eigenvalue weighted by Crippen LogP contribution is -2.30. The van der Waals surface area contributed by atoms with Gasteiger partial charge in [0, 0.05) is 24.9 Å². The van der Waals surface area contributed by atoms with Gasteiger partial charge < -0.3 is 14.8 Å². The zero-order valence-corrected chi connectivity index (χ0v) is 13.9. The molecule has 0 aliphatic heterocycles. The first-order valence-electron chi connectivity index (χ1n) is 7.95. The predicted molar refractivity (Wildman–Crippen MR) is 89.0 cm³/mol. The molecule has 1 atom stereocenters. The van der Waals surface area contributed by atoms with Crippen LogP contribution in [0.25, 0.3) is 11.3 Å². The number of amides is 1. The molecule has 0 aliphatic carbocycles. The molecule has 0 saturated carbocycles. The molecule has 1 aromatic carbocycles. The van der Waals surface area contributed by atoms with Crippen LogP contribution in [0.4, 0.5) is 0 Å². The molecule has 0 saturated heterocycles. The van der Waals surface area contributed by atoms with E-state index in [1.807, 2.05) is 12.1 Å². The summed E-state index contributed by atoms with van der Waals surface area (Å²) in [5.41, 5.74) is 2.26. The van der Waals surface area contributed by atoms with E-state index in [9.17, 15) is 4.79 Å². The lowest BCUT2D eigenvalue weighted by atomic mass is 10.0. The first kappa shape index (κ1) is 17.2. The minimum absolute atomic E-state index is 0.119. The second-order valence-corrected chi connectivity index (χ2v) is 6.05. The van der Waals surface area contributed by atoms with Crippen LogP contribution in [0.1, 0.15) is 44.6 Å². The highest BCUT2D eigenvalue weighted by atomic mass is 16.4. The lowest BCUT2D eigenvalue weighted by molar-refractivity contribution is -0.121. The summed E-state index contributed by atoms with van der Waals surface area (Å²) in [7, 11) is 0. The molecule has 1 aromatic heterocycles. The third-order valence-corrected chi connectivity index (χ3v) is 3.58. The van der Waals surface area contributed by atoms with Crippen LogP contribution in [-0.2, 0) is 11.2 Å². The molecular weight excluding hydrogens is 292 g/mol. The van der Waals surface area contributed by atoms with Crippen LogP contribution >= 0.6 is 0 Å². The fourth-order valence-corrected chi connectivity index (χ4v) is 2.16. The highest BCUT2D eigenvalue weighted by Gasteiger charge is 2.10. The number of aliphatic hydroxyl groups is 1. The second-order valence-electron chi connectivity index (χ2n) is 6.05. The first-order chi connectivity index (χ1) is 11.0. The number of oxazole rings is 1. The molecule has 23 heavy (non-hydrogen) atoms. The van der Waals surface area contributed by atoms with Gasteiger partial charge in [-0.2, -0.15) is 0 Å². The number of aromatic nitrogens is 1. The number of rotatable bonds is 7. The van der Waals surface area contributed by atoms with Gasteiger partial charge in [-0.15, -0.1) is 0 Å². The van der Waals surface area contributed by atoms with Gasteiger partial charge in [0.2, 0.25) is 5.91 Å². The van der Waals surface area contributed by atoms with E-state index in [1.165, 1.54) is 5.56 Å². The van der Waals surface area contributed by atoms with Crippen LogP contribution in [0, 0.1) is 0 Å². The maximum Gasteiger partial charge on any atom is 0.220 e. The fourth-order valence-electron chi connectivity index (χ4n) is 2.16. The number of benzene rings is 1. The number of hydrogen-bond donors (Lipinski definition) is 2. The quantitative estimate of drug-likeness (QED) is 0.823. The van der Waals surface area contributed by atoms with Crippen molar-refractivity contribution in [2.75, 3.05) is 6.54 Å². The van der Waals surface area contributed by atoms with Crippen LogP contribution in [0.15, 0.2) is 34.9 Å². The molecule has 0 spiro atoms. The fraction of sp³-hybridized carbons (Fsp3) is 0.444. The van der Waals surface area contributed by atoms with Crippen molar-refractivity contribution in [2.45, 2.75) is 45.6 Å². The Morgan fingerprint density at radius 3 is 2.57 bits per heavy atom. The molecule has 0 fully saturated rings. The van der Waals surface area contributed by atoms with Crippen molar-refractivity contribution in [3.8, 4) is 11.3 Å². The number of carbonyl (C=O) groups is 1. The standard InChI is InChI=1S/C18H24N2O3/c1-12(2)14-4-6-15(7-5-14)16-11-20-18(23-16)9-8-17(22)19-10-13(3)21/h4-7,11-13,21H,8-10H2,1-3H3,(H,19,22). The van der Waals surface area contributed by atoms with Gasteiger partial charge in [0.1, 0.15) is 0 Å². The molecule has 2 N–H and O–H groups in total. The SMILES string of the molecule is CC(O)CNC(=O)CCc1ncc(-c2ccc(C(C)C)cc2)o1. The van der Waals surface area contributed by atoms with E-state index in [2.05, 4.69) is 36.3 Å². The van der Waals surface area contributed by atoms with E-state index < -0.39 is 6.10 Å². The first-order valence-corrected chi connectivity index (χ1v) is 7.95. The number of aliphatic hydroxyl groups excluding tert-OH is 1. The van der Waals surface area contributed by atoms with E-state index in [1.54, 1.807) is 13.1 Å². The molecule has 0 aliphatic rings. The largest absolute Gasteiger partial charge is 0.441 e. The van der Waals surface area contributed by atoms with Crippen molar-refractivity contribution in [3.05, 3.63) is 41.9 Å². The Kier molecular flexibility index (Phi) is 5.93. The monoisotopic (exact) mass is 316 g/mol. The third-order valence-electron chi connectivity index (χ3n) is 3.58. The summed E-state index contributed by atoms with van der Waals surface area (Å²) in [5, 5.41) is 11.8. The van der Waals surface area contributed by atoms with E-state index >= 15 is 0 Å². The minimum atomic E-state index is -0.541. The topological polar surface area (TPSA) is 75.4 Å². The number of hydrogen-bond acceptors (Lipinski definition) is 4. The molecule has 0 radical (unpaired) electrons. The van der Waals surface area contributed by atoms with Crippen LogP contribution in [0.2, 0.25) is 0 Å². The minimum Gasteiger partial charge on any atom is -0.441 e. The summed E-state index contributed by atoms with van der Waals surface area (Å²) in [6.45, 7) is 6.21. The summed E-state index contributed by atoms with van der Waals surface area (Å²) in [5.74, 6) is 1.63. The van der Waals surface area contributed by atoms with Crippen molar-refractivity contribution in [1.82, 2.24) is 10.3 Å². The Labute approximate surface area is 136 Å². The maximum absolute atomic E-state index is 11.6. The highest BCUT2D eigenvalue weighted by molar-refractivity contribution is 5.76. The van der Waals surface area contributed by atoms with Gasteiger partial charge in [0.05, 0.1) is 12.3 Å². The van der Waals surface area contributed by atoms with E-state index in [0.717, 1.165) is 5.56 Å². The predicted octanol–water partition coefficient (Wildman–Crippen LogP) is 2.89. The van der Waals surface area contributed by atoms with Gasteiger partial charge in [-0.05, 0) is 18.4 Å². The normalized spacial score (nSPS) is 12.4. The summed E-state index contributed by atoms with van der Waals surface area (Å²) in [6.07, 6.45) is 1.88. The van der Waals surface area contributed by atoms with Gasteiger partial charge in [-0.3, -0.25) is 4.79 Å². The molecule has 5 heteroatoms. The summed E-state index contributed by atoms with van der Waals surface area (Å²) >= 11 is 0. The number of nitrogens with zero attached hydrogens (tertiary/aromatic N) is 1. The average Bonchev–Trinajstić information content (AvgIpc) is 3.00. The Morgan fingerprint density at radius 1 is 1.26 bits per heavy atom. The highest BCUT2D eigenvalue weighted by Crippen LogP contribution is 2.23. The third kappa shape index (κ3) is 5.21. The maximum atomic E-state index is 11.6. The average molecular weight is 316 g/mol. The summed E-state index contributed by atoms with van der Waals surface area (Å²) in [4.78, 5) is 15.8. The molecule has 124 valence electrons. The van der Waals surface area contributed by atoms with E-state index in [0.29, 0.717) is 30.4 Å². The Hall–Kier alpha value is -2.14. The molecule has 5 nitrogen and oxygen atoms in total. The summed E-state index contributed by atoms with van der Waals surface area (Å²) < 4.78 is 5.71. The van der Waals surface area contributed by atoms with Crippen LogP contribution in [0.5, 0.6) is 0 Å². The van der Waals surface area contributed by atoms with Crippen molar-refractivity contribution < 1.29 is 14.3 Å². The van der Waals surface area contributed by atoms with Gasteiger partial charge in [-0.25, -0.2) is 4.98 Å². The second kappa shape index (κ2) is 7.92. The Morgan fingerprint density at radius 2 is 1.96 bits per heavy atom. The van der Waals surface area contributed by atoms with Crippen molar-refractivity contribution in [3.63, 3.8) is 0 Å². The molecule has 2 rings (SSSR count). The Bertz CT molecular complexity index is 630. The zero-order chi connectivity index (χ0) is 16.8. The lowest BCUT2D eigenvalue weighted by Gasteiger charge is -2.06. The molecule has 1 heterocycles. The van der Waals surface area contributed by atoms with Gasteiger partial charge in [0.25, 0.3) is 0 Å². The number of carbonyl (C=O) groups excluding carboxylic acids is 1. The smallest absolute Gasteiger partial charge is 0.220 e. The van der Waals surface area contributed by atoms with Gasteiger partial charge in [-0.1, -0.05) is 38.1 Å². The van der Waals surface area contributed by atoms with Gasteiger partial charge >= 0.3 is 0 Å². The van der Waals surface area contributed by atoms with E-state index in [4.69, 9.17) is 9.52 Å². The van der Waals surface area contributed by atoms with Crippen molar-refractivity contribution in [2.24, 2.45) is 0 Å². The number of aryl methyl sites for hydroxylation is 1.